The topological polar surface area (TPSA) is 24.8 Å². The summed E-state index contributed by atoms with van der Waals surface area (Å²) in [6.07, 6.45) is 0.00165. The van der Waals surface area contributed by atoms with Crippen molar-refractivity contribution in [1.82, 2.24) is 0 Å². The van der Waals surface area contributed by atoms with E-state index in [1.165, 1.54) is 6.07 Å². The second-order valence-electron chi connectivity index (χ2n) is 7.22. The molecule has 0 N–H and O–H groups in total. The van der Waals surface area contributed by atoms with E-state index in [4.69, 9.17) is 4.74 Å². The van der Waals surface area contributed by atoms with Gasteiger partial charge in [-0.05, 0) is 38.0 Å². The average molecular weight is 357 g/mol. The molecule has 136 valence electrons. The molecule has 0 aromatic heterocycles. The highest BCUT2D eigenvalue weighted by molar-refractivity contribution is 6.76. The standard InChI is InChI=1S/C18H30F2N2OSi/c1-7-21-13-22(3)16-12-15(18(19)20)17(11-14(16)2)23-9-8-10-24(4,5)6/h11-13,18H,7-10H2,1-6H3. The Morgan fingerprint density at radius 1 is 1.29 bits per heavy atom. The van der Waals surface area contributed by atoms with Crippen molar-refractivity contribution in [3.63, 3.8) is 0 Å². The Morgan fingerprint density at radius 3 is 2.50 bits per heavy atom. The monoisotopic (exact) mass is 356 g/mol. The molecule has 24 heavy (non-hydrogen) atoms. The molecule has 0 atom stereocenters. The first-order valence-corrected chi connectivity index (χ1v) is 12.1. The number of anilines is 1. The van der Waals surface area contributed by atoms with Gasteiger partial charge in [0.05, 0.1) is 18.5 Å². The van der Waals surface area contributed by atoms with Crippen LogP contribution >= 0.6 is 0 Å². The fourth-order valence-electron chi connectivity index (χ4n) is 2.41. The molecule has 3 nitrogen and oxygen atoms in total. The zero-order valence-corrected chi connectivity index (χ0v) is 16.7. The normalized spacial score (nSPS) is 12.2. The van der Waals surface area contributed by atoms with E-state index in [2.05, 4.69) is 24.6 Å². The highest BCUT2D eigenvalue weighted by Gasteiger charge is 2.19. The lowest BCUT2D eigenvalue weighted by Gasteiger charge is -2.21. The summed E-state index contributed by atoms with van der Waals surface area (Å²) < 4.78 is 32.5. The number of rotatable bonds is 9. The molecular formula is C18H30F2N2OSi. The number of hydrogen-bond donors (Lipinski definition) is 0. The summed E-state index contributed by atoms with van der Waals surface area (Å²) in [6.45, 7) is 11.9. The first-order valence-electron chi connectivity index (χ1n) is 8.44. The number of alkyl halides is 2. The van der Waals surface area contributed by atoms with Crippen molar-refractivity contribution in [2.24, 2.45) is 4.99 Å². The smallest absolute Gasteiger partial charge is 0.267 e. The van der Waals surface area contributed by atoms with E-state index in [-0.39, 0.29) is 5.56 Å². The minimum absolute atomic E-state index is 0.0552. The molecule has 6 heteroatoms. The fourth-order valence-corrected chi connectivity index (χ4v) is 3.62. The van der Waals surface area contributed by atoms with Gasteiger partial charge in [0.1, 0.15) is 5.75 Å². The molecular weight excluding hydrogens is 326 g/mol. The Kier molecular flexibility index (Phi) is 7.86. The molecule has 0 saturated heterocycles. The largest absolute Gasteiger partial charge is 0.493 e. The second-order valence-corrected chi connectivity index (χ2v) is 12.8. The van der Waals surface area contributed by atoms with Crippen LogP contribution in [-0.4, -0.2) is 34.6 Å². The van der Waals surface area contributed by atoms with E-state index < -0.39 is 14.5 Å². The van der Waals surface area contributed by atoms with Crippen LogP contribution in [0, 0.1) is 6.92 Å². The van der Waals surface area contributed by atoms with E-state index in [0.29, 0.717) is 18.9 Å². The Balaban J connectivity index is 2.93. The number of aliphatic imine (C=N–C) groups is 1. The summed E-state index contributed by atoms with van der Waals surface area (Å²) in [4.78, 5) is 5.92. The van der Waals surface area contributed by atoms with Crippen LogP contribution in [0.4, 0.5) is 14.5 Å². The van der Waals surface area contributed by atoms with Gasteiger partial charge in [-0.1, -0.05) is 25.7 Å². The van der Waals surface area contributed by atoms with Gasteiger partial charge in [-0.3, -0.25) is 4.99 Å². The number of hydrogen-bond acceptors (Lipinski definition) is 2. The second kappa shape index (κ2) is 9.16. The molecule has 0 aliphatic rings. The zero-order chi connectivity index (χ0) is 18.3. The molecule has 0 heterocycles. The van der Waals surface area contributed by atoms with Crippen LogP contribution in [0.3, 0.4) is 0 Å². The summed E-state index contributed by atoms with van der Waals surface area (Å²) in [5.74, 6) is 0.294. The molecule has 0 bridgehead atoms. The van der Waals surface area contributed by atoms with Crippen LogP contribution in [0.1, 0.15) is 30.9 Å². The van der Waals surface area contributed by atoms with E-state index in [1.807, 2.05) is 20.9 Å². The van der Waals surface area contributed by atoms with Crippen molar-refractivity contribution in [2.75, 3.05) is 25.1 Å². The Hall–Kier alpha value is -1.43. The number of halogens is 2. The van der Waals surface area contributed by atoms with Gasteiger partial charge >= 0.3 is 0 Å². The zero-order valence-electron chi connectivity index (χ0n) is 15.7. The highest BCUT2D eigenvalue weighted by Crippen LogP contribution is 2.35. The van der Waals surface area contributed by atoms with Crippen molar-refractivity contribution in [2.45, 2.75) is 52.4 Å². The van der Waals surface area contributed by atoms with Crippen molar-refractivity contribution >= 4 is 20.1 Å². The first kappa shape index (κ1) is 20.6. The molecule has 0 fully saturated rings. The Morgan fingerprint density at radius 2 is 1.96 bits per heavy atom. The molecule has 1 rings (SSSR count). The van der Waals surface area contributed by atoms with Crippen molar-refractivity contribution in [1.29, 1.82) is 0 Å². The maximum Gasteiger partial charge on any atom is 0.267 e. The molecule has 0 radical (unpaired) electrons. The maximum atomic E-state index is 13.4. The van der Waals surface area contributed by atoms with Gasteiger partial charge in [0.25, 0.3) is 6.43 Å². The van der Waals surface area contributed by atoms with Gasteiger partial charge in [-0.15, -0.1) is 0 Å². The van der Waals surface area contributed by atoms with Gasteiger partial charge in [-0.2, -0.15) is 0 Å². The van der Waals surface area contributed by atoms with E-state index >= 15 is 0 Å². The minimum atomic E-state index is -2.56. The van der Waals surface area contributed by atoms with Gasteiger partial charge in [0.2, 0.25) is 0 Å². The minimum Gasteiger partial charge on any atom is -0.493 e. The number of ether oxygens (including phenoxy) is 1. The van der Waals surface area contributed by atoms with Crippen molar-refractivity contribution < 1.29 is 13.5 Å². The summed E-state index contributed by atoms with van der Waals surface area (Å²) in [7, 11) is 0.683. The summed E-state index contributed by atoms with van der Waals surface area (Å²) >= 11 is 0. The van der Waals surface area contributed by atoms with Crippen LogP contribution in [0.2, 0.25) is 25.7 Å². The van der Waals surface area contributed by atoms with Crippen LogP contribution in [0.5, 0.6) is 5.75 Å². The molecule has 0 aliphatic heterocycles. The molecule has 0 aliphatic carbocycles. The average Bonchev–Trinajstić information content (AvgIpc) is 2.48. The lowest BCUT2D eigenvalue weighted by molar-refractivity contribution is 0.145. The SMILES string of the molecule is CCN=CN(C)c1cc(C(F)F)c(OCCC[Si](C)(C)C)cc1C. The third-order valence-corrected chi connectivity index (χ3v) is 5.56. The predicted octanol–water partition coefficient (Wildman–Crippen LogP) is 5.52. The lowest BCUT2D eigenvalue weighted by Crippen LogP contribution is -2.20. The quantitative estimate of drug-likeness (QED) is 0.252. The van der Waals surface area contributed by atoms with E-state index in [9.17, 15) is 8.78 Å². The van der Waals surface area contributed by atoms with Crippen molar-refractivity contribution in [3.05, 3.63) is 23.3 Å². The third-order valence-electron chi connectivity index (χ3n) is 3.71. The summed E-state index contributed by atoms with van der Waals surface area (Å²) in [5.41, 5.74) is 1.56. The third kappa shape index (κ3) is 6.59. The lowest BCUT2D eigenvalue weighted by atomic mass is 10.1. The van der Waals surface area contributed by atoms with Crippen LogP contribution in [0.15, 0.2) is 17.1 Å². The van der Waals surface area contributed by atoms with Crippen molar-refractivity contribution in [3.8, 4) is 5.75 Å². The fraction of sp³-hybridized carbons (Fsp3) is 0.611. The maximum absolute atomic E-state index is 13.4. The summed E-state index contributed by atoms with van der Waals surface area (Å²) in [6, 6.07) is 4.35. The summed E-state index contributed by atoms with van der Waals surface area (Å²) in [5, 5.41) is 0. The van der Waals surface area contributed by atoms with Crippen LogP contribution < -0.4 is 9.64 Å². The Bertz CT molecular complexity index is 557. The van der Waals surface area contributed by atoms with Crippen LogP contribution in [0.25, 0.3) is 0 Å². The predicted molar refractivity (Wildman–Crippen MR) is 102 cm³/mol. The molecule has 0 spiro atoms. The number of aryl methyl sites for hydroxylation is 1. The molecule has 1 aromatic carbocycles. The van der Waals surface area contributed by atoms with E-state index in [0.717, 1.165) is 23.7 Å². The molecule has 0 unspecified atom stereocenters. The van der Waals surface area contributed by atoms with E-state index in [1.54, 1.807) is 17.3 Å². The highest BCUT2D eigenvalue weighted by atomic mass is 28.3. The van der Waals surface area contributed by atoms with Gasteiger partial charge in [0, 0.05) is 27.4 Å². The Labute approximate surface area is 145 Å². The number of benzene rings is 1. The van der Waals surface area contributed by atoms with Gasteiger partial charge in [-0.25, -0.2) is 8.78 Å². The van der Waals surface area contributed by atoms with Crippen LogP contribution in [-0.2, 0) is 0 Å². The first-order chi connectivity index (χ1) is 11.2. The number of nitrogens with zero attached hydrogens (tertiary/aromatic N) is 2. The molecule has 1 aromatic rings. The molecule has 0 saturated carbocycles. The van der Waals surface area contributed by atoms with Gasteiger partial charge < -0.3 is 9.64 Å². The van der Waals surface area contributed by atoms with Gasteiger partial charge in [0.15, 0.2) is 0 Å². The molecule has 0 amide bonds.